The fourth-order valence-corrected chi connectivity index (χ4v) is 4.92. The summed E-state index contributed by atoms with van der Waals surface area (Å²) in [5.74, 6) is -0.0435. The Labute approximate surface area is 189 Å². The van der Waals surface area contributed by atoms with Crippen LogP contribution in [0, 0.1) is 5.41 Å². The van der Waals surface area contributed by atoms with Crippen molar-refractivity contribution in [3.63, 3.8) is 0 Å². The lowest BCUT2D eigenvalue weighted by molar-refractivity contribution is -0.133. The van der Waals surface area contributed by atoms with Gasteiger partial charge in [0, 0.05) is 39.1 Å². The minimum atomic E-state index is -0.416. The van der Waals surface area contributed by atoms with Gasteiger partial charge in [0.2, 0.25) is 5.91 Å². The number of amides is 2. The van der Waals surface area contributed by atoms with Crippen LogP contribution in [0.4, 0.5) is 4.79 Å². The van der Waals surface area contributed by atoms with Gasteiger partial charge in [-0.15, -0.1) is 0 Å². The lowest BCUT2D eigenvalue weighted by Crippen LogP contribution is -2.48. The van der Waals surface area contributed by atoms with E-state index in [1.54, 1.807) is 9.80 Å². The van der Waals surface area contributed by atoms with Gasteiger partial charge < -0.3 is 29.6 Å². The molecule has 8 heteroatoms. The Hall–Kier alpha value is -2.16. The lowest BCUT2D eigenvalue weighted by Gasteiger charge is -2.38. The van der Waals surface area contributed by atoms with E-state index in [0.717, 1.165) is 37.9 Å². The number of carbonyl (C=O) groups is 2. The Kier molecular flexibility index (Phi) is 7.33. The molecule has 2 amide bonds. The second kappa shape index (κ2) is 10.2. The van der Waals surface area contributed by atoms with Crippen LogP contribution in [0.25, 0.3) is 0 Å². The molecule has 2 heterocycles. The fourth-order valence-electron chi connectivity index (χ4n) is 4.92. The Balaban J connectivity index is 1.25. The van der Waals surface area contributed by atoms with Crippen LogP contribution in [0.3, 0.4) is 0 Å². The van der Waals surface area contributed by atoms with Gasteiger partial charge in [0.05, 0.1) is 18.8 Å². The third-order valence-electron chi connectivity index (χ3n) is 7.38. The third kappa shape index (κ3) is 5.42. The number of ether oxygens (including phenoxy) is 1. The van der Waals surface area contributed by atoms with E-state index in [1.165, 1.54) is 0 Å². The predicted molar refractivity (Wildman–Crippen MR) is 119 cm³/mol. The summed E-state index contributed by atoms with van der Waals surface area (Å²) in [7, 11) is 0. The number of hydrogen-bond acceptors (Lipinski definition) is 6. The minimum Gasteiger partial charge on any atom is -0.445 e. The van der Waals surface area contributed by atoms with E-state index in [4.69, 9.17) is 4.74 Å². The van der Waals surface area contributed by atoms with Crippen molar-refractivity contribution in [1.29, 1.82) is 0 Å². The molecule has 3 fully saturated rings. The molecule has 4 rings (SSSR count). The normalized spacial score (nSPS) is 24.3. The van der Waals surface area contributed by atoms with Gasteiger partial charge in [-0.1, -0.05) is 30.3 Å². The Morgan fingerprint density at radius 2 is 1.91 bits per heavy atom. The molecule has 2 unspecified atom stereocenters. The summed E-state index contributed by atoms with van der Waals surface area (Å²) < 4.78 is 5.42. The van der Waals surface area contributed by atoms with Gasteiger partial charge in [-0.2, -0.15) is 0 Å². The average molecular weight is 446 g/mol. The standard InChI is InChI=1S/C24H35N3O5/c28-17-20(6-11-25-13-10-24(8-9-24)21(29)16-25)27-15-14-26(12-7-22(27)30)23(31)32-18-19-4-2-1-3-5-19/h1-5,20-21,28-29H,6-18H2. The number of aliphatic hydroxyl groups excluding tert-OH is 2. The molecule has 1 saturated carbocycles. The van der Waals surface area contributed by atoms with Gasteiger partial charge in [0.25, 0.3) is 0 Å². The largest absolute Gasteiger partial charge is 0.445 e. The molecule has 8 nitrogen and oxygen atoms in total. The first kappa shape index (κ1) is 23.0. The van der Waals surface area contributed by atoms with Gasteiger partial charge >= 0.3 is 6.09 Å². The minimum absolute atomic E-state index is 0.0435. The maximum Gasteiger partial charge on any atom is 0.410 e. The quantitative estimate of drug-likeness (QED) is 0.660. The highest BCUT2D eigenvalue weighted by atomic mass is 16.6. The summed E-state index contributed by atoms with van der Waals surface area (Å²) in [5.41, 5.74) is 1.09. The van der Waals surface area contributed by atoms with Crippen LogP contribution in [0.5, 0.6) is 0 Å². The highest BCUT2D eigenvalue weighted by Gasteiger charge is 2.51. The van der Waals surface area contributed by atoms with Crippen molar-refractivity contribution in [1.82, 2.24) is 14.7 Å². The molecule has 1 aliphatic carbocycles. The number of rotatable bonds is 7. The maximum atomic E-state index is 12.7. The first-order valence-electron chi connectivity index (χ1n) is 11.8. The number of nitrogens with zero attached hydrogens (tertiary/aromatic N) is 3. The van der Waals surface area contributed by atoms with Crippen molar-refractivity contribution >= 4 is 12.0 Å². The molecule has 0 aromatic heterocycles. The van der Waals surface area contributed by atoms with Crippen LogP contribution in [0.15, 0.2) is 30.3 Å². The summed E-state index contributed by atoms with van der Waals surface area (Å²) in [6.45, 7) is 3.57. The number of β-amino-alcohol motifs (C(OH)–C–C–N with tert-alkyl or cyclic N) is 1. The maximum absolute atomic E-state index is 12.7. The van der Waals surface area contributed by atoms with Gasteiger partial charge in [-0.05, 0) is 43.2 Å². The SMILES string of the molecule is O=C(OCc1ccccc1)N1CCC(=O)N(C(CO)CCN2CCC3(CC3)C(O)C2)CC1. The van der Waals surface area contributed by atoms with E-state index < -0.39 is 6.09 Å². The zero-order valence-corrected chi connectivity index (χ0v) is 18.7. The van der Waals surface area contributed by atoms with E-state index in [2.05, 4.69) is 4.90 Å². The molecule has 1 aromatic rings. The predicted octanol–water partition coefficient (Wildman–Crippen LogP) is 1.46. The second-order valence-corrected chi connectivity index (χ2v) is 9.42. The molecule has 1 spiro atoms. The van der Waals surface area contributed by atoms with Crippen LogP contribution < -0.4 is 0 Å². The number of carbonyl (C=O) groups excluding carboxylic acids is 2. The molecule has 0 radical (unpaired) electrons. The second-order valence-electron chi connectivity index (χ2n) is 9.42. The van der Waals surface area contributed by atoms with Crippen molar-refractivity contribution in [3.05, 3.63) is 35.9 Å². The number of aliphatic hydroxyl groups is 2. The number of benzene rings is 1. The van der Waals surface area contributed by atoms with E-state index >= 15 is 0 Å². The summed E-state index contributed by atoms with van der Waals surface area (Å²) in [5, 5.41) is 20.4. The van der Waals surface area contributed by atoms with Crippen molar-refractivity contribution in [2.45, 2.75) is 50.9 Å². The van der Waals surface area contributed by atoms with Crippen LogP contribution in [-0.2, 0) is 16.1 Å². The number of hydrogen-bond donors (Lipinski definition) is 2. The number of likely N-dealkylation sites (tertiary alicyclic amines) is 1. The molecule has 1 aromatic carbocycles. The molecule has 32 heavy (non-hydrogen) atoms. The van der Waals surface area contributed by atoms with Gasteiger partial charge in [-0.3, -0.25) is 4.79 Å². The highest BCUT2D eigenvalue weighted by molar-refractivity contribution is 5.78. The van der Waals surface area contributed by atoms with Crippen molar-refractivity contribution < 1.29 is 24.5 Å². The van der Waals surface area contributed by atoms with Gasteiger partial charge in [-0.25, -0.2) is 4.79 Å². The summed E-state index contributed by atoms with van der Waals surface area (Å²) in [4.78, 5) is 30.8. The molecule has 0 bridgehead atoms. The average Bonchev–Trinajstić information content (AvgIpc) is 3.61. The smallest absolute Gasteiger partial charge is 0.410 e. The first-order chi connectivity index (χ1) is 15.5. The zero-order chi connectivity index (χ0) is 22.6. The van der Waals surface area contributed by atoms with Crippen LogP contribution in [0.1, 0.15) is 37.7 Å². The Morgan fingerprint density at radius 3 is 2.59 bits per heavy atom. The topological polar surface area (TPSA) is 93.5 Å². The van der Waals surface area contributed by atoms with Crippen molar-refractivity contribution in [3.8, 4) is 0 Å². The third-order valence-corrected chi connectivity index (χ3v) is 7.38. The van der Waals surface area contributed by atoms with E-state index in [9.17, 15) is 19.8 Å². The lowest BCUT2D eigenvalue weighted by atomic mass is 9.90. The Bertz CT molecular complexity index is 785. The molecule has 176 valence electrons. The first-order valence-corrected chi connectivity index (χ1v) is 11.8. The van der Waals surface area contributed by atoms with Crippen molar-refractivity contribution in [2.75, 3.05) is 45.9 Å². The van der Waals surface area contributed by atoms with Crippen LogP contribution >= 0.6 is 0 Å². The summed E-state index contributed by atoms with van der Waals surface area (Å²) in [6, 6.07) is 9.23. The highest BCUT2D eigenvalue weighted by Crippen LogP contribution is 2.53. The molecule has 2 saturated heterocycles. The molecule has 2 N–H and O–H groups in total. The van der Waals surface area contributed by atoms with E-state index in [1.807, 2.05) is 30.3 Å². The monoisotopic (exact) mass is 445 g/mol. The van der Waals surface area contributed by atoms with Gasteiger partial charge in [0.1, 0.15) is 6.61 Å². The van der Waals surface area contributed by atoms with Crippen LogP contribution in [-0.4, -0.2) is 94.9 Å². The molecular weight excluding hydrogens is 410 g/mol. The van der Waals surface area contributed by atoms with Gasteiger partial charge in [0.15, 0.2) is 0 Å². The molecule has 3 aliphatic rings. The molecular formula is C24H35N3O5. The summed E-state index contributed by atoms with van der Waals surface area (Å²) >= 11 is 0. The van der Waals surface area contributed by atoms with E-state index in [0.29, 0.717) is 32.6 Å². The zero-order valence-electron chi connectivity index (χ0n) is 18.7. The van der Waals surface area contributed by atoms with E-state index in [-0.39, 0.29) is 43.1 Å². The number of piperidine rings is 1. The van der Waals surface area contributed by atoms with Crippen molar-refractivity contribution in [2.24, 2.45) is 5.41 Å². The van der Waals surface area contributed by atoms with Crippen LogP contribution in [0.2, 0.25) is 0 Å². The molecule has 2 atom stereocenters. The summed E-state index contributed by atoms with van der Waals surface area (Å²) in [6.07, 6.45) is 3.49. The Morgan fingerprint density at radius 1 is 1.12 bits per heavy atom. The molecule has 2 aliphatic heterocycles. The fraction of sp³-hybridized carbons (Fsp3) is 0.667.